The highest BCUT2D eigenvalue weighted by Gasteiger charge is 2.29. The number of nitrogen functional groups attached to an aromatic ring is 1. The average Bonchev–Trinajstić information content (AvgIpc) is 2.66. The van der Waals surface area contributed by atoms with Crippen LogP contribution in [0, 0.1) is 0 Å². The van der Waals surface area contributed by atoms with Gasteiger partial charge in [-0.2, -0.15) is 4.37 Å². The van der Waals surface area contributed by atoms with Gasteiger partial charge in [0, 0.05) is 13.6 Å². The van der Waals surface area contributed by atoms with Gasteiger partial charge in [0.1, 0.15) is 10.6 Å². The van der Waals surface area contributed by atoms with Crippen LogP contribution >= 0.6 is 11.5 Å². The molecular weight excluding hydrogens is 276 g/mol. The van der Waals surface area contributed by atoms with E-state index in [2.05, 4.69) is 15.0 Å². The molecule has 2 rings (SSSR count). The lowest BCUT2D eigenvalue weighted by molar-refractivity contribution is 0.0381. The lowest BCUT2D eigenvalue weighted by atomic mass is 9.94. The summed E-state index contributed by atoms with van der Waals surface area (Å²) in [5, 5.41) is 16.9. The van der Waals surface area contributed by atoms with Crippen LogP contribution in [0.5, 0.6) is 0 Å². The highest BCUT2D eigenvalue weighted by Crippen LogP contribution is 2.30. The Bertz CT molecular complexity index is 467. The molecule has 1 heterocycles. The topological polar surface area (TPSA) is 100 Å². The number of nitrogens with one attached hydrogen (secondary N) is 2. The number of carbonyl (C=O) groups is 1. The Morgan fingerprint density at radius 3 is 2.65 bits per heavy atom. The summed E-state index contributed by atoms with van der Waals surface area (Å²) < 4.78 is 4.01. The molecule has 0 aliphatic heterocycles. The van der Waals surface area contributed by atoms with Crippen molar-refractivity contribution in [2.24, 2.45) is 0 Å². The zero-order valence-corrected chi connectivity index (χ0v) is 12.6. The molecule has 0 spiro atoms. The van der Waals surface area contributed by atoms with E-state index in [9.17, 15) is 9.90 Å². The standard InChI is InChI=1S/C13H22N4O2S/c1-15-11(18)9-10(14)17-20-12(9)16-8-13(19)6-4-2-3-5-7-13/h16,19H,2-8H2,1H3,(H2,14,17)(H,15,18). The van der Waals surface area contributed by atoms with Crippen molar-refractivity contribution in [2.45, 2.75) is 44.1 Å². The fourth-order valence-corrected chi connectivity index (χ4v) is 3.28. The van der Waals surface area contributed by atoms with Gasteiger partial charge in [0.2, 0.25) is 0 Å². The van der Waals surface area contributed by atoms with Crippen LogP contribution in [0.3, 0.4) is 0 Å². The third kappa shape index (κ3) is 3.40. The van der Waals surface area contributed by atoms with Crippen molar-refractivity contribution in [1.82, 2.24) is 9.69 Å². The molecule has 1 amide bonds. The molecule has 1 aromatic rings. The van der Waals surface area contributed by atoms with Crippen molar-refractivity contribution >= 4 is 28.3 Å². The molecule has 1 fully saturated rings. The Morgan fingerprint density at radius 2 is 2.05 bits per heavy atom. The predicted octanol–water partition coefficient (Wildman–Crippen LogP) is 1.58. The number of rotatable bonds is 4. The van der Waals surface area contributed by atoms with Gasteiger partial charge in [0.05, 0.1) is 5.60 Å². The molecule has 112 valence electrons. The molecule has 1 aliphatic rings. The molecule has 1 saturated carbocycles. The summed E-state index contributed by atoms with van der Waals surface area (Å²) in [6, 6.07) is 0. The molecule has 0 aromatic carbocycles. The Morgan fingerprint density at radius 1 is 1.40 bits per heavy atom. The molecule has 0 saturated heterocycles. The normalized spacial score (nSPS) is 18.3. The van der Waals surface area contributed by atoms with Crippen LogP contribution in [0.1, 0.15) is 48.9 Å². The largest absolute Gasteiger partial charge is 0.388 e. The van der Waals surface area contributed by atoms with Crippen molar-refractivity contribution in [3.8, 4) is 0 Å². The summed E-state index contributed by atoms with van der Waals surface area (Å²) in [5.74, 6) is -0.0312. The van der Waals surface area contributed by atoms with Crippen LogP contribution in [0.2, 0.25) is 0 Å². The van der Waals surface area contributed by atoms with Gasteiger partial charge in [-0.1, -0.05) is 25.7 Å². The lowest BCUT2D eigenvalue weighted by Gasteiger charge is -2.27. The van der Waals surface area contributed by atoms with Crippen molar-refractivity contribution in [3.05, 3.63) is 5.56 Å². The van der Waals surface area contributed by atoms with Gasteiger partial charge in [-0.05, 0) is 24.4 Å². The predicted molar refractivity (Wildman–Crippen MR) is 81.1 cm³/mol. The van der Waals surface area contributed by atoms with E-state index in [1.165, 1.54) is 12.8 Å². The van der Waals surface area contributed by atoms with E-state index in [1.807, 2.05) is 0 Å². The number of aliphatic hydroxyl groups is 1. The zero-order valence-electron chi connectivity index (χ0n) is 11.7. The van der Waals surface area contributed by atoms with E-state index >= 15 is 0 Å². The van der Waals surface area contributed by atoms with Gasteiger partial charge in [0.25, 0.3) is 5.91 Å². The number of aromatic nitrogens is 1. The Hall–Kier alpha value is -1.34. The highest BCUT2D eigenvalue weighted by atomic mass is 32.1. The van der Waals surface area contributed by atoms with Crippen molar-refractivity contribution in [1.29, 1.82) is 0 Å². The van der Waals surface area contributed by atoms with Gasteiger partial charge < -0.3 is 21.5 Å². The number of hydrogen-bond donors (Lipinski definition) is 4. The number of amides is 1. The minimum Gasteiger partial charge on any atom is -0.388 e. The van der Waals surface area contributed by atoms with Crippen LogP contribution in [-0.4, -0.2) is 34.6 Å². The summed E-state index contributed by atoms with van der Waals surface area (Å²) >= 11 is 1.15. The fourth-order valence-electron chi connectivity index (χ4n) is 2.58. The van der Waals surface area contributed by atoms with E-state index in [4.69, 9.17) is 5.73 Å². The number of nitrogens with zero attached hydrogens (tertiary/aromatic N) is 1. The van der Waals surface area contributed by atoms with Gasteiger partial charge in [-0.25, -0.2) is 0 Å². The van der Waals surface area contributed by atoms with E-state index < -0.39 is 5.60 Å². The second kappa shape index (κ2) is 6.41. The van der Waals surface area contributed by atoms with Crippen LogP contribution in [0.15, 0.2) is 0 Å². The third-order valence-electron chi connectivity index (χ3n) is 3.78. The molecule has 6 nitrogen and oxygen atoms in total. The molecule has 1 aliphatic carbocycles. The minimum absolute atomic E-state index is 0.227. The second-order valence-corrected chi connectivity index (χ2v) is 6.12. The smallest absolute Gasteiger partial charge is 0.257 e. The molecule has 0 atom stereocenters. The summed E-state index contributed by atoms with van der Waals surface area (Å²) in [5.41, 5.74) is 5.39. The first-order valence-corrected chi connectivity index (χ1v) is 7.76. The van der Waals surface area contributed by atoms with Crippen LogP contribution in [0.4, 0.5) is 10.8 Å². The molecule has 0 unspecified atom stereocenters. The molecule has 7 heteroatoms. The van der Waals surface area contributed by atoms with Gasteiger partial charge in [-0.15, -0.1) is 0 Å². The average molecular weight is 298 g/mol. The summed E-state index contributed by atoms with van der Waals surface area (Å²) in [6.45, 7) is 0.429. The van der Waals surface area contributed by atoms with Crippen LogP contribution in [-0.2, 0) is 0 Å². The SMILES string of the molecule is CNC(=O)c1c(N)nsc1NCC1(O)CCCCCC1. The first-order chi connectivity index (χ1) is 9.56. The first kappa shape index (κ1) is 15.1. The van der Waals surface area contributed by atoms with Gasteiger partial charge >= 0.3 is 0 Å². The monoisotopic (exact) mass is 298 g/mol. The van der Waals surface area contributed by atoms with Crippen molar-refractivity contribution in [2.75, 3.05) is 24.6 Å². The Labute approximate surface area is 122 Å². The van der Waals surface area contributed by atoms with Crippen molar-refractivity contribution in [3.63, 3.8) is 0 Å². The van der Waals surface area contributed by atoms with E-state index in [0.29, 0.717) is 17.1 Å². The summed E-state index contributed by atoms with van der Waals surface area (Å²) in [7, 11) is 1.56. The number of anilines is 2. The van der Waals surface area contributed by atoms with Crippen LogP contribution in [0.25, 0.3) is 0 Å². The second-order valence-electron chi connectivity index (χ2n) is 5.34. The lowest BCUT2D eigenvalue weighted by Crippen LogP contribution is -2.36. The van der Waals surface area contributed by atoms with E-state index in [-0.39, 0.29) is 11.7 Å². The van der Waals surface area contributed by atoms with Crippen molar-refractivity contribution < 1.29 is 9.90 Å². The fraction of sp³-hybridized carbons (Fsp3) is 0.692. The van der Waals surface area contributed by atoms with E-state index in [1.54, 1.807) is 7.05 Å². The van der Waals surface area contributed by atoms with Gasteiger partial charge in [0.15, 0.2) is 5.82 Å². The maximum atomic E-state index is 11.8. The Balaban J connectivity index is 2.05. The maximum absolute atomic E-state index is 11.8. The summed E-state index contributed by atoms with van der Waals surface area (Å²) in [6.07, 6.45) is 6.04. The molecule has 20 heavy (non-hydrogen) atoms. The third-order valence-corrected chi connectivity index (χ3v) is 4.60. The van der Waals surface area contributed by atoms with Crippen LogP contribution < -0.4 is 16.4 Å². The highest BCUT2D eigenvalue weighted by molar-refractivity contribution is 7.11. The minimum atomic E-state index is -0.699. The number of carbonyl (C=O) groups excluding carboxylic acids is 1. The van der Waals surface area contributed by atoms with Gasteiger partial charge in [-0.3, -0.25) is 4.79 Å². The summed E-state index contributed by atoms with van der Waals surface area (Å²) in [4.78, 5) is 11.8. The zero-order chi connectivity index (χ0) is 14.6. The molecule has 1 aromatic heterocycles. The Kier molecular flexibility index (Phi) is 4.82. The molecule has 5 N–H and O–H groups in total. The first-order valence-electron chi connectivity index (χ1n) is 6.99. The number of hydrogen-bond acceptors (Lipinski definition) is 6. The molecular formula is C13H22N4O2S. The van der Waals surface area contributed by atoms with E-state index in [0.717, 1.165) is 37.2 Å². The number of nitrogens with two attached hydrogens (primary N) is 1. The molecule has 0 bridgehead atoms. The molecule has 0 radical (unpaired) electrons. The maximum Gasteiger partial charge on any atom is 0.257 e. The quantitative estimate of drug-likeness (QED) is 0.632.